The summed E-state index contributed by atoms with van der Waals surface area (Å²) in [4.78, 5) is 14.3. The van der Waals surface area contributed by atoms with Gasteiger partial charge in [-0.25, -0.2) is 0 Å². The van der Waals surface area contributed by atoms with Crippen molar-refractivity contribution in [1.82, 2.24) is 19.6 Å². The van der Waals surface area contributed by atoms with E-state index in [-0.39, 0.29) is 5.91 Å². The van der Waals surface area contributed by atoms with E-state index in [9.17, 15) is 4.79 Å². The second kappa shape index (κ2) is 5.73. The first-order valence-corrected chi connectivity index (χ1v) is 9.15. The van der Waals surface area contributed by atoms with Gasteiger partial charge in [0.25, 0.3) is 5.91 Å². The predicted molar refractivity (Wildman–Crippen MR) is 95.8 cm³/mol. The predicted octanol–water partition coefficient (Wildman–Crippen LogP) is 3.82. The van der Waals surface area contributed by atoms with E-state index in [0.717, 1.165) is 27.3 Å². The van der Waals surface area contributed by atoms with Crippen LogP contribution in [-0.2, 0) is 7.05 Å². The van der Waals surface area contributed by atoms with E-state index in [1.165, 1.54) is 37.0 Å². The highest BCUT2D eigenvalue weighted by Gasteiger charge is 2.22. The summed E-state index contributed by atoms with van der Waals surface area (Å²) in [6, 6.07) is 2.41. The smallest absolute Gasteiger partial charge is 0.265 e. The van der Waals surface area contributed by atoms with Crippen LogP contribution >= 0.6 is 11.3 Å². The van der Waals surface area contributed by atoms with Crippen LogP contribution in [0.4, 0.5) is 5.69 Å². The van der Waals surface area contributed by atoms with Crippen molar-refractivity contribution >= 4 is 33.1 Å². The molecule has 0 aromatic carbocycles. The number of amides is 1. The lowest BCUT2D eigenvalue weighted by Crippen LogP contribution is -2.12. The molecule has 7 heteroatoms. The molecular formula is C17H21N5OS. The number of nitrogens with one attached hydrogen (secondary N) is 1. The van der Waals surface area contributed by atoms with Crippen LogP contribution in [0.15, 0.2) is 12.3 Å². The zero-order chi connectivity index (χ0) is 16.8. The van der Waals surface area contributed by atoms with Gasteiger partial charge in [-0.05, 0) is 32.8 Å². The van der Waals surface area contributed by atoms with Gasteiger partial charge in [-0.15, -0.1) is 11.3 Å². The molecule has 1 aliphatic rings. The minimum absolute atomic E-state index is 0.0790. The zero-order valence-electron chi connectivity index (χ0n) is 14.2. The van der Waals surface area contributed by atoms with Crippen molar-refractivity contribution in [3.8, 4) is 0 Å². The Morgan fingerprint density at radius 3 is 2.79 bits per heavy atom. The van der Waals surface area contributed by atoms with Gasteiger partial charge in [0.05, 0.1) is 34.2 Å². The van der Waals surface area contributed by atoms with Crippen LogP contribution in [0.1, 0.15) is 52.8 Å². The molecule has 3 aromatic rings. The molecule has 1 N–H and O–H groups in total. The van der Waals surface area contributed by atoms with Gasteiger partial charge in [0.2, 0.25) is 0 Å². The molecule has 0 bridgehead atoms. The molecule has 0 saturated heterocycles. The molecule has 1 fully saturated rings. The van der Waals surface area contributed by atoms with Crippen LogP contribution in [0.2, 0.25) is 0 Å². The highest BCUT2D eigenvalue weighted by atomic mass is 32.1. The third kappa shape index (κ3) is 2.43. The summed E-state index contributed by atoms with van der Waals surface area (Å²) in [5.74, 6) is -0.0790. The highest BCUT2D eigenvalue weighted by Crippen LogP contribution is 2.32. The van der Waals surface area contributed by atoms with E-state index < -0.39 is 0 Å². The Labute approximate surface area is 144 Å². The van der Waals surface area contributed by atoms with Crippen LogP contribution in [0.25, 0.3) is 10.2 Å². The average Bonchev–Trinajstić information content (AvgIpc) is 3.29. The lowest BCUT2D eigenvalue weighted by molar-refractivity contribution is 0.103. The van der Waals surface area contributed by atoms with E-state index in [1.807, 2.05) is 31.6 Å². The number of hydrogen-bond acceptors (Lipinski definition) is 4. The lowest BCUT2D eigenvalue weighted by Gasteiger charge is -2.12. The van der Waals surface area contributed by atoms with Crippen LogP contribution in [0.5, 0.6) is 0 Å². The molecule has 1 aliphatic carbocycles. The van der Waals surface area contributed by atoms with Gasteiger partial charge in [-0.2, -0.15) is 10.2 Å². The third-order valence-corrected chi connectivity index (χ3v) is 6.08. The van der Waals surface area contributed by atoms with Gasteiger partial charge in [0, 0.05) is 12.4 Å². The maximum atomic E-state index is 12.6. The minimum atomic E-state index is -0.0790. The number of fused-ring (bicyclic) bond motifs is 1. The normalized spacial score (nSPS) is 15.5. The Bertz CT molecular complexity index is 879. The Balaban J connectivity index is 1.58. The van der Waals surface area contributed by atoms with E-state index in [0.29, 0.717) is 10.9 Å². The van der Waals surface area contributed by atoms with E-state index >= 15 is 0 Å². The lowest BCUT2D eigenvalue weighted by atomic mass is 10.2. The van der Waals surface area contributed by atoms with Crippen molar-refractivity contribution in [3.05, 3.63) is 28.5 Å². The van der Waals surface area contributed by atoms with Crippen LogP contribution in [-0.4, -0.2) is 25.5 Å². The summed E-state index contributed by atoms with van der Waals surface area (Å²) in [6.07, 6.45) is 6.66. The van der Waals surface area contributed by atoms with Gasteiger partial charge in [0.15, 0.2) is 0 Å². The van der Waals surface area contributed by atoms with E-state index in [2.05, 4.69) is 20.2 Å². The maximum Gasteiger partial charge on any atom is 0.265 e. The Morgan fingerprint density at radius 1 is 1.33 bits per heavy atom. The van der Waals surface area contributed by atoms with E-state index in [1.54, 1.807) is 6.20 Å². The number of thiophene rings is 1. The fraction of sp³-hybridized carbons (Fsp3) is 0.471. The summed E-state index contributed by atoms with van der Waals surface area (Å²) >= 11 is 1.47. The Morgan fingerprint density at radius 2 is 2.08 bits per heavy atom. The molecule has 3 aromatic heterocycles. The molecule has 0 unspecified atom stereocenters. The van der Waals surface area contributed by atoms with Gasteiger partial charge in [-0.1, -0.05) is 12.8 Å². The molecule has 1 amide bonds. The summed E-state index contributed by atoms with van der Waals surface area (Å²) in [7, 11) is 1.91. The number of hydrogen-bond donors (Lipinski definition) is 1. The van der Waals surface area contributed by atoms with Gasteiger partial charge in [0.1, 0.15) is 4.83 Å². The molecule has 3 heterocycles. The van der Waals surface area contributed by atoms with Crippen molar-refractivity contribution in [3.63, 3.8) is 0 Å². The minimum Gasteiger partial charge on any atom is -0.318 e. The molecule has 0 aliphatic heterocycles. The number of aryl methyl sites for hydroxylation is 2. The molecule has 24 heavy (non-hydrogen) atoms. The first-order chi connectivity index (χ1) is 11.5. The molecule has 1 saturated carbocycles. The molecule has 0 radical (unpaired) electrons. The SMILES string of the molecule is Cc1nn(C)c2sc(C(=O)Nc3cnn(C4CCCC4)c3C)cc12. The summed E-state index contributed by atoms with van der Waals surface area (Å²) in [5, 5.41) is 12.9. The second-order valence-electron chi connectivity index (χ2n) is 6.52. The number of carbonyl (C=O) groups is 1. The molecule has 0 atom stereocenters. The van der Waals surface area contributed by atoms with Gasteiger partial charge < -0.3 is 5.32 Å². The Kier molecular flexibility index (Phi) is 3.68. The second-order valence-corrected chi connectivity index (χ2v) is 7.55. The molecule has 0 spiro atoms. The summed E-state index contributed by atoms with van der Waals surface area (Å²) in [5.41, 5.74) is 2.79. The Hall–Kier alpha value is -2.15. The number of anilines is 1. The highest BCUT2D eigenvalue weighted by molar-refractivity contribution is 7.20. The van der Waals surface area contributed by atoms with Crippen molar-refractivity contribution in [1.29, 1.82) is 0 Å². The van der Waals surface area contributed by atoms with Crippen LogP contribution in [0, 0.1) is 13.8 Å². The van der Waals surface area contributed by atoms with Crippen molar-refractivity contribution in [2.45, 2.75) is 45.6 Å². The molecule has 4 rings (SSSR count). The van der Waals surface area contributed by atoms with Gasteiger partial charge in [-0.3, -0.25) is 14.2 Å². The fourth-order valence-electron chi connectivity index (χ4n) is 3.56. The van der Waals surface area contributed by atoms with Crippen molar-refractivity contribution < 1.29 is 4.79 Å². The quantitative estimate of drug-likeness (QED) is 0.786. The first kappa shape index (κ1) is 15.4. The van der Waals surface area contributed by atoms with Crippen molar-refractivity contribution in [2.24, 2.45) is 7.05 Å². The molecular weight excluding hydrogens is 322 g/mol. The standard InChI is InChI=1S/C17H21N5OS/c1-10-13-8-15(24-17(13)21(3)20-10)16(23)19-14-9-18-22(11(14)2)12-6-4-5-7-12/h8-9,12H,4-7H2,1-3H3,(H,19,23). The largest absolute Gasteiger partial charge is 0.318 e. The third-order valence-electron chi connectivity index (χ3n) is 4.88. The first-order valence-electron chi connectivity index (χ1n) is 8.33. The zero-order valence-corrected chi connectivity index (χ0v) is 15.0. The monoisotopic (exact) mass is 343 g/mol. The maximum absolute atomic E-state index is 12.6. The topological polar surface area (TPSA) is 64.7 Å². The number of aromatic nitrogens is 4. The van der Waals surface area contributed by atoms with Crippen molar-refractivity contribution in [2.75, 3.05) is 5.32 Å². The number of nitrogens with zero attached hydrogens (tertiary/aromatic N) is 4. The fourth-order valence-corrected chi connectivity index (χ4v) is 4.58. The molecule has 6 nitrogen and oxygen atoms in total. The molecule has 126 valence electrons. The average molecular weight is 343 g/mol. The van der Waals surface area contributed by atoms with Gasteiger partial charge >= 0.3 is 0 Å². The number of rotatable bonds is 3. The van der Waals surface area contributed by atoms with E-state index in [4.69, 9.17) is 0 Å². The summed E-state index contributed by atoms with van der Waals surface area (Å²) < 4.78 is 3.90. The van der Waals surface area contributed by atoms with Crippen LogP contribution in [0.3, 0.4) is 0 Å². The van der Waals surface area contributed by atoms with Crippen LogP contribution < -0.4 is 5.32 Å². The number of carbonyl (C=O) groups excluding carboxylic acids is 1. The summed E-state index contributed by atoms with van der Waals surface area (Å²) in [6.45, 7) is 3.99.